The number of hydrogen-bond donors (Lipinski definition) is 2. The van der Waals surface area contributed by atoms with Gasteiger partial charge < -0.3 is 11.1 Å². The van der Waals surface area contributed by atoms with E-state index in [-0.39, 0.29) is 11.8 Å². The molecule has 0 bridgehead atoms. The summed E-state index contributed by atoms with van der Waals surface area (Å²) in [6, 6.07) is 11.6. The van der Waals surface area contributed by atoms with E-state index in [1.165, 1.54) is 4.88 Å². The third kappa shape index (κ3) is 3.83. The van der Waals surface area contributed by atoms with E-state index in [0.29, 0.717) is 12.2 Å². The first kappa shape index (κ1) is 13.6. The highest BCUT2D eigenvalue weighted by Crippen LogP contribution is 2.17. The Hall–Kier alpha value is -1.81. The van der Waals surface area contributed by atoms with Crippen molar-refractivity contribution < 1.29 is 4.79 Å². The lowest BCUT2D eigenvalue weighted by Crippen LogP contribution is -2.29. The molecule has 4 heteroatoms. The highest BCUT2D eigenvalue weighted by Gasteiger charge is 2.14. The number of hydrogen-bond acceptors (Lipinski definition) is 3. The van der Waals surface area contributed by atoms with E-state index in [2.05, 4.69) is 11.4 Å². The predicted molar refractivity (Wildman–Crippen MR) is 80.3 cm³/mol. The Kier molecular flexibility index (Phi) is 4.58. The molecule has 0 aliphatic heterocycles. The number of carbonyl (C=O) groups excluding carboxylic acids is 1. The van der Waals surface area contributed by atoms with Gasteiger partial charge in [0.25, 0.3) is 0 Å². The van der Waals surface area contributed by atoms with Crippen molar-refractivity contribution in [2.24, 2.45) is 0 Å². The van der Waals surface area contributed by atoms with Crippen molar-refractivity contribution in [1.82, 2.24) is 5.32 Å². The lowest BCUT2D eigenvalue weighted by Gasteiger charge is -2.12. The number of carbonyl (C=O) groups is 1. The number of nitrogen functional groups attached to an aromatic ring is 1. The van der Waals surface area contributed by atoms with Crippen LogP contribution in [-0.2, 0) is 11.2 Å². The molecule has 1 heterocycles. The lowest BCUT2D eigenvalue weighted by molar-refractivity contribution is -0.122. The van der Waals surface area contributed by atoms with Gasteiger partial charge in [0.05, 0.1) is 5.92 Å². The maximum Gasteiger partial charge on any atom is 0.227 e. The van der Waals surface area contributed by atoms with Crippen LogP contribution in [0.25, 0.3) is 0 Å². The molecule has 3 nitrogen and oxygen atoms in total. The molecule has 0 aliphatic rings. The fraction of sp³-hybridized carbons (Fsp3) is 0.267. The Balaban J connectivity index is 1.85. The van der Waals surface area contributed by atoms with Crippen molar-refractivity contribution in [3.05, 3.63) is 52.2 Å². The molecule has 1 atom stereocenters. The number of nitrogens with one attached hydrogen (secondary N) is 1. The molecule has 2 aromatic rings. The zero-order valence-corrected chi connectivity index (χ0v) is 11.7. The minimum absolute atomic E-state index is 0.0437. The van der Waals surface area contributed by atoms with Crippen LogP contribution in [0, 0.1) is 0 Å². The monoisotopic (exact) mass is 274 g/mol. The molecule has 1 aromatic carbocycles. The molecule has 0 fully saturated rings. The van der Waals surface area contributed by atoms with Crippen molar-refractivity contribution in [3.63, 3.8) is 0 Å². The number of anilines is 1. The van der Waals surface area contributed by atoms with Gasteiger partial charge in [-0.3, -0.25) is 4.79 Å². The smallest absolute Gasteiger partial charge is 0.227 e. The van der Waals surface area contributed by atoms with Crippen molar-refractivity contribution in [2.45, 2.75) is 19.3 Å². The van der Waals surface area contributed by atoms with Gasteiger partial charge in [0.2, 0.25) is 5.91 Å². The topological polar surface area (TPSA) is 55.1 Å². The van der Waals surface area contributed by atoms with Gasteiger partial charge in [-0.25, -0.2) is 0 Å². The Labute approximate surface area is 117 Å². The van der Waals surface area contributed by atoms with Gasteiger partial charge in [0.1, 0.15) is 0 Å². The largest absolute Gasteiger partial charge is 0.399 e. The van der Waals surface area contributed by atoms with Crippen molar-refractivity contribution in [1.29, 1.82) is 0 Å². The minimum atomic E-state index is -0.174. The van der Waals surface area contributed by atoms with Crippen molar-refractivity contribution >= 4 is 22.9 Å². The normalized spacial score (nSPS) is 12.1. The van der Waals surface area contributed by atoms with E-state index in [1.807, 2.05) is 42.6 Å². The number of benzene rings is 1. The second kappa shape index (κ2) is 6.38. The van der Waals surface area contributed by atoms with E-state index in [1.54, 1.807) is 11.3 Å². The van der Waals surface area contributed by atoms with E-state index in [4.69, 9.17) is 5.73 Å². The summed E-state index contributed by atoms with van der Waals surface area (Å²) in [4.78, 5) is 13.3. The quantitative estimate of drug-likeness (QED) is 0.824. The lowest BCUT2D eigenvalue weighted by atomic mass is 10.00. The molecule has 19 heavy (non-hydrogen) atoms. The SMILES string of the molecule is CC(C(=O)NCCc1cccs1)c1cccc(N)c1. The molecule has 1 unspecified atom stereocenters. The first-order valence-electron chi connectivity index (χ1n) is 6.32. The van der Waals surface area contributed by atoms with Crippen LogP contribution in [0.4, 0.5) is 5.69 Å². The summed E-state index contributed by atoms with van der Waals surface area (Å²) in [6.45, 7) is 2.57. The second-order valence-corrected chi connectivity index (χ2v) is 5.54. The van der Waals surface area contributed by atoms with Crippen LogP contribution in [0.3, 0.4) is 0 Å². The third-order valence-corrected chi connectivity index (χ3v) is 3.99. The molecule has 0 saturated carbocycles. The summed E-state index contributed by atoms with van der Waals surface area (Å²) >= 11 is 1.71. The molecule has 2 rings (SSSR count). The molecule has 0 saturated heterocycles. The molecule has 0 aliphatic carbocycles. The maximum atomic E-state index is 12.0. The van der Waals surface area contributed by atoms with Crippen molar-refractivity contribution in [3.8, 4) is 0 Å². The molecule has 0 spiro atoms. The fourth-order valence-electron chi connectivity index (χ4n) is 1.90. The van der Waals surface area contributed by atoms with Crippen LogP contribution < -0.4 is 11.1 Å². The van der Waals surface area contributed by atoms with Crippen LogP contribution in [-0.4, -0.2) is 12.5 Å². The molecule has 1 amide bonds. The average molecular weight is 274 g/mol. The van der Waals surface area contributed by atoms with Gasteiger partial charge in [0.15, 0.2) is 0 Å². The minimum Gasteiger partial charge on any atom is -0.399 e. The number of thiophene rings is 1. The van der Waals surface area contributed by atoms with Crippen LogP contribution in [0.5, 0.6) is 0 Å². The number of rotatable bonds is 5. The van der Waals surface area contributed by atoms with E-state index in [0.717, 1.165) is 12.0 Å². The van der Waals surface area contributed by atoms with Crippen LogP contribution in [0.15, 0.2) is 41.8 Å². The highest BCUT2D eigenvalue weighted by atomic mass is 32.1. The standard InChI is InChI=1S/C15H18N2OS/c1-11(12-4-2-5-13(16)10-12)15(18)17-8-7-14-6-3-9-19-14/h2-6,9-11H,7-8,16H2,1H3,(H,17,18). The summed E-state index contributed by atoms with van der Waals surface area (Å²) in [7, 11) is 0. The van der Waals surface area contributed by atoms with E-state index >= 15 is 0 Å². The molecule has 1 aromatic heterocycles. The van der Waals surface area contributed by atoms with Gasteiger partial charge in [-0.1, -0.05) is 18.2 Å². The Morgan fingerprint density at radius 3 is 2.89 bits per heavy atom. The van der Waals surface area contributed by atoms with Crippen LogP contribution in [0.1, 0.15) is 23.3 Å². The molecule has 3 N–H and O–H groups in total. The number of nitrogens with two attached hydrogens (primary N) is 1. The Bertz CT molecular complexity index is 537. The second-order valence-electron chi connectivity index (χ2n) is 4.51. The maximum absolute atomic E-state index is 12.0. The Morgan fingerprint density at radius 1 is 1.37 bits per heavy atom. The molecule has 100 valence electrons. The fourth-order valence-corrected chi connectivity index (χ4v) is 2.61. The predicted octanol–water partition coefficient (Wildman–Crippen LogP) is 2.79. The summed E-state index contributed by atoms with van der Waals surface area (Å²) in [5, 5.41) is 5.01. The zero-order chi connectivity index (χ0) is 13.7. The van der Waals surface area contributed by atoms with E-state index in [9.17, 15) is 4.79 Å². The van der Waals surface area contributed by atoms with Gasteiger partial charge in [-0.2, -0.15) is 0 Å². The number of amides is 1. The molecular formula is C15H18N2OS. The summed E-state index contributed by atoms with van der Waals surface area (Å²) in [5.74, 6) is -0.131. The van der Waals surface area contributed by atoms with E-state index < -0.39 is 0 Å². The molecular weight excluding hydrogens is 256 g/mol. The first-order chi connectivity index (χ1) is 9.16. The average Bonchev–Trinajstić information content (AvgIpc) is 2.91. The Morgan fingerprint density at radius 2 is 2.21 bits per heavy atom. The zero-order valence-electron chi connectivity index (χ0n) is 10.9. The van der Waals surface area contributed by atoms with Crippen LogP contribution >= 0.6 is 11.3 Å². The third-order valence-electron chi connectivity index (χ3n) is 3.05. The van der Waals surface area contributed by atoms with Gasteiger partial charge in [-0.05, 0) is 42.5 Å². The highest BCUT2D eigenvalue weighted by molar-refractivity contribution is 7.09. The summed E-state index contributed by atoms with van der Waals surface area (Å²) in [6.07, 6.45) is 0.882. The van der Waals surface area contributed by atoms with Crippen LogP contribution in [0.2, 0.25) is 0 Å². The summed E-state index contributed by atoms with van der Waals surface area (Å²) < 4.78 is 0. The summed E-state index contributed by atoms with van der Waals surface area (Å²) in [5.41, 5.74) is 7.37. The van der Waals surface area contributed by atoms with Gasteiger partial charge in [0, 0.05) is 17.1 Å². The molecule has 0 radical (unpaired) electrons. The first-order valence-corrected chi connectivity index (χ1v) is 7.20. The van der Waals surface area contributed by atoms with Gasteiger partial charge in [-0.15, -0.1) is 11.3 Å². The van der Waals surface area contributed by atoms with Crippen molar-refractivity contribution in [2.75, 3.05) is 12.3 Å². The van der Waals surface area contributed by atoms with Gasteiger partial charge >= 0.3 is 0 Å².